The van der Waals surface area contributed by atoms with Crippen molar-refractivity contribution in [1.29, 1.82) is 0 Å². The van der Waals surface area contributed by atoms with E-state index in [0.717, 1.165) is 19.3 Å². The van der Waals surface area contributed by atoms with Gasteiger partial charge in [0.1, 0.15) is 0 Å². The fourth-order valence-electron chi connectivity index (χ4n) is 2.20. The molecule has 3 unspecified atom stereocenters. The zero-order valence-electron chi connectivity index (χ0n) is 12.2. The predicted octanol–water partition coefficient (Wildman–Crippen LogP) is 1.82. The number of carbonyl (C=O) groups is 1. The van der Waals surface area contributed by atoms with Gasteiger partial charge in [-0.15, -0.1) is 0 Å². The number of amides is 1. The second-order valence-electron chi connectivity index (χ2n) is 6.01. The van der Waals surface area contributed by atoms with Crippen molar-refractivity contribution in [3.63, 3.8) is 0 Å². The van der Waals surface area contributed by atoms with Gasteiger partial charge >= 0.3 is 0 Å². The Hall–Kier alpha value is -0.610. The minimum atomic E-state index is -0.305. The lowest BCUT2D eigenvalue weighted by atomic mass is 9.88. The van der Waals surface area contributed by atoms with Crippen molar-refractivity contribution in [2.24, 2.45) is 11.7 Å². The molecule has 1 rings (SSSR count). The summed E-state index contributed by atoms with van der Waals surface area (Å²) >= 11 is 0. The molecule has 0 aromatic carbocycles. The summed E-state index contributed by atoms with van der Waals surface area (Å²) in [5.41, 5.74) is 5.45. The monoisotopic (exact) mass is 256 g/mol. The smallest absolute Gasteiger partial charge is 0.220 e. The summed E-state index contributed by atoms with van der Waals surface area (Å²) in [6.45, 7) is 8.71. The minimum absolute atomic E-state index is 0.0832. The highest BCUT2D eigenvalue weighted by atomic mass is 16.5. The zero-order chi connectivity index (χ0) is 13.8. The van der Waals surface area contributed by atoms with Crippen molar-refractivity contribution < 1.29 is 9.53 Å². The minimum Gasteiger partial charge on any atom is -0.375 e. The van der Waals surface area contributed by atoms with Gasteiger partial charge in [0.2, 0.25) is 5.91 Å². The van der Waals surface area contributed by atoms with E-state index in [4.69, 9.17) is 10.5 Å². The lowest BCUT2D eigenvalue weighted by Gasteiger charge is -2.33. The molecule has 106 valence electrons. The van der Waals surface area contributed by atoms with Gasteiger partial charge in [0, 0.05) is 13.0 Å². The van der Waals surface area contributed by atoms with Crippen LogP contribution < -0.4 is 11.1 Å². The molecule has 4 heteroatoms. The Labute approximate surface area is 111 Å². The van der Waals surface area contributed by atoms with Crippen LogP contribution in [0.4, 0.5) is 0 Å². The number of ether oxygens (including phenoxy) is 1. The van der Waals surface area contributed by atoms with Gasteiger partial charge in [0.15, 0.2) is 0 Å². The van der Waals surface area contributed by atoms with Gasteiger partial charge in [-0.05, 0) is 39.0 Å². The summed E-state index contributed by atoms with van der Waals surface area (Å²) < 4.78 is 5.71. The van der Waals surface area contributed by atoms with Gasteiger partial charge in [0.25, 0.3) is 0 Å². The van der Waals surface area contributed by atoms with E-state index < -0.39 is 0 Å². The molecule has 0 aromatic heterocycles. The van der Waals surface area contributed by atoms with Crippen LogP contribution in [0.15, 0.2) is 0 Å². The first-order chi connectivity index (χ1) is 8.37. The van der Waals surface area contributed by atoms with Crippen molar-refractivity contribution in [3.05, 3.63) is 0 Å². The molecule has 1 fully saturated rings. The topological polar surface area (TPSA) is 64.4 Å². The summed E-state index contributed by atoms with van der Waals surface area (Å²) in [7, 11) is 0. The van der Waals surface area contributed by atoms with E-state index in [1.165, 1.54) is 0 Å². The first-order valence-electron chi connectivity index (χ1n) is 7.04. The first kappa shape index (κ1) is 15.4. The van der Waals surface area contributed by atoms with Crippen molar-refractivity contribution in [1.82, 2.24) is 5.32 Å². The van der Waals surface area contributed by atoms with E-state index in [1.807, 2.05) is 6.92 Å². The van der Waals surface area contributed by atoms with E-state index in [1.54, 1.807) is 0 Å². The third-order valence-corrected chi connectivity index (χ3v) is 4.14. The molecular weight excluding hydrogens is 228 g/mol. The normalized spacial score (nSPS) is 27.2. The quantitative estimate of drug-likeness (QED) is 0.762. The highest BCUT2D eigenvalue weighted by molar-refractivity contribution is 5.76. The standard InChI is InChI=1S/C14H28N2O2/c1-10(2)14(4,9-15)16-13(17)8-7-12-6-5-11(3)18-12/h10-12H,5-9,15H2,1-4H3,(H,16,17). The third-order valence-electron chi connectivity index (χ3n) is 4.14. The molecule has 18 heavy (non-hydrogen) atoms. The Morgan fingerprint density at radius 3 is 2.61 bits per heavy atom. The number of nitrogens with two attached hydrogens (primary N) is 1. The zero-order valence-corrected chi connectivity index (χ0v) is 12.2. The van der Waals surface area contributed by atoms with Crippen LogP contribution in [0, 0.1) is 5.92 Å². The lowest BCUT2D eigenvalue weighted by molar-refractivity contribution is -0.124. The number of hydrogen-bond acceptors (Lipinski definition) is 3. The number of nitrogens with one attached hydrogen (secondary N) is 1. The average Bonchev–Trinajstić information content (AvgIpc) is 2.72. The second kappa shape index (κ2) is 6.53. The largest absolute Gasteiger partial charge is 0.375 e. The van der Waals surface area contributed by atoms with Crippen molar-refractivity contribution in [2.75, 3.05) is 6.54 Å². The molecule has 3 N–H and O–H groups in total. The van der Waals surface area contributed by atoms with Crippen LogP contribution in [0.25, 0.3) is 0 Å². The maximum atomic E-state index is 11.9. The molecule has 1 aliphatic rings. The molecular formula is C14H28N2O2. The Kier molecular flexibility index (Phi) is 5.60. The molecule has 3 atom stereocenters. The van der Waals surface area contributed by atoms with E-state index in [9.17, 15) is 4.79 Å². The van der Waals surface area contributed by atoms with Gasteiger partial charge in [-0.1, -0.05) is 13.8 Å². The van der Waals surface area contributed by atoms with Crippen LogP contribution in [0.5, 0.6) is 0 Å². The van der Waals surface area contributed by atoms with Crippen LogP contribution in [-0.4, -0.2) is 30.2 Å². The molecule has 0 saturated carbocycles. The van der Waals surface area contributed by atoms with Gasteiger partial charge in [-0.2, -0.15) is 0 Å². The lowest BCUT2D eigenvalue weighted by Crippen LogP contribution is -2.55. The SMILES string of the molecule is CC1CCC(CCC(=O)NC(C)(CN)C(C)C)O1. The first-order valence-corrected chi connectivity index (χ1v) is 7.04. The van der Waals surface area contributed by atoms with Crippen LogP contribution in [-0.2, 0) is 9.53 Å². The second-order valence-corrected chi connectivity index (χ2v) is 6.01. The maximum absolute atomic E-state index is 11.9. The highest BCUT2D eigenvalue weighted by Crippen LogP contribution is 2.23. The molecule has 1 saturated heterocycles. The molecule has 1 amide bonds. The van der Waals surface area contributed by atoms with Gasteiger partial charge in [-0.3, -0.25) is 4.79 Å². The Balaban J connectivity index is 2.33. The Morgan fingerprint density at radius 1 is 1.50 bits per heavy atom. The molecule has 0 aliphatic carbocycles. The Bertz CT molecular complexity index is 281. The molecule has 0 spiro atoms. The third kappa shape index (κ3) is 4.25. The number of carbonyl (C=O) groups excluding carboxylic acids is 1. The summed E-state index contributed by atoms with van der Waals surface area (Å²) in [5.74, 6) is 0.411. The molecule has 1 heterocycles. The highest BCUT2D eigenvalue weighted by Gasteiger charge is 2.29. The van der Waals surface area contributed by atoms with Gasteiger partial charge in [0.05, 0.1) is 17.7 Å². The molecule has 0 aromatic rings. The maximum Gasteiger partial charge on any atom is 0.220 e. The number of hydrogen-bond donors (Lipinski definition) is 2. The fraction of sp³-hybridized carbons (Fsp3) is 0.929. The summed E-state index contributed by atoms with van der Waals surface area (Å²) in [4.78, 5) is 11.9. The van der Waals surface area contributed by atoms with Crippen LogP contribution >= 0.6 is 0 Å². The van der Waals surface area contributed by atoms with E-state index in [2.05, 4.69) is 26.1 Å². The van der Waals surface area contributed by atoms with Gasteiger partial charge in [-0.25, -0.2) is 0 Å². The van der Waals surface area contributed by atoms with Crippen LogP contribution in [0.2, 0.25) is 0 Å². The molecule has 1 aliphatic heterocycles. The Morgan fingerprint density at radius 2 is 2.17 bits per heavy atom. The summed E-state index contributed by atoms with van der Waals surface area (Å²) in [6.07, 6.45) is 4.14. The molecule has 4 nitrogen and oxygen atoms in total. The average molecular weight is 256 g/mol. The van der Waals surface area contributed by atoms with E-state index in [-0.39, 0.29) is 17.6 Å². The number of rotatable bonds is 6. The van der Waals surface area contributed by atoms with E-state index >= 15 is 0 Å². The summed E-state index contributed by atoms with van der Waals surface area (Å²) in [5, 5.41) is 3.06. The fourth-order valence-corrected chi connectivity index (χ4v) is 2.20. The van der Waals surface area contributed by atoms with Crippen molar-refractivity contribution >= 4 is 5.91 Å². The van der Waals surface area contributed by atoms with Crippen LogP contribution in [0.1, 0.15) is 53.4 Å². The molecule has 0 bridgehead atoms. The predicted molar refractivity (Wildman–Crippen MR) is 73.2 cm³/mol. The molecule has 0 radical (unpaired) electrons. The van der Waals surface area contributed by atoms with E-state index in [0.29, 0.717) is 25.0 Å². The van der Waals surface area contributed by atoms with Gasteiger partial charge < -0.3 is 15.8 Å². The summed E-state index contributed by atoms with van der Waals surface area (Å²) in [6, 6.07) is 0. The van der Waals surface area contributed by atoms with Crippen LogP contribution in [0.3, 0.4) is 0 Å². The van der Waals surface area contributed by atoms with Crippen molar-refractivity contribution in [2.45, 2.75) is 71.1 Å². The van der Waals surface area contributed by atoms with Crippen molar-refractivity contribution in [3.8, 4) is 0 Å².